The number of methoxy groups -OCH3 is 1. The molecule has 0 fully saturated rings. The molecule has 0 N–H and O–H groups in total. The molecule has 4 heteroatoms. The van der Waals surface area contributed by atoms with Gasteiger partial charge >= 0.3 is 5.63 Å². The molecule has 0 radical (unpaired) electrons. The molecule has 4 aromatic rings. The van der Waals surface area contributed by atoms with Gasteiger partial charge in [0.2, 0.25) is 0 Å². The van der Waals surface area contributed by atoms with Gasteiger partial charge in [0.25, 0.3) is 0 Å². The van der Waals surface area contributed by atoms with Crippen molar-refractivity contribution in [3.63, 3.8) is 0 Å². The summed E-state index contributed by atoms with van der Waals surface area (Å²) in [4.78, 5) is 11.7. The SMILES string of the molecule is COc1ccc(-c2cc3cc4oc(=O)c(C)cc4cc3o2)cc1. The van der Waals surface area contributed by atoms with E-state index >= 15 is 0 Å². The van der Waals surface area contributed by atoms with Gasteiger partial charge in [-0.3, -0.25) is 0 Å². The molecule has 114 valence electrons. The molecule has 0 spiro atoms. The number of aryl methyl sites for hydroxylation is 1. The van der Waals surface area contributed by atoms with Crippen molar-refractivity contribution < 1.29 is 13.6 Å². The maximum absolute atomic E-state index is 11.7. The van der Waals surface area contributed by atoms with Crippen LogP contribution in [-0.2, 0) is 0 Å². The third kappa shape index (κ3) is 2.28. The van der Waals surface area contributed by atoms with E-state index in [0.717, 1.165) is 33.4 Å². The van der Waals surface area contributed by atoms with E-state index in [-0.39, 0.29) is 5.63 Å². The minimum atomic E-state index is -0.310. The third-order valence-electron chi connectivity index (χ3n) is 3.92. The molecule has 2 aromatic heterocycles. The van der Waals surface area contributed by atoms with Crippen molar-refractivity contribution in [1.29, 1.82) is 0 Å². The summed E-state index contributed by atoms with van der Waals surface area (Å²) in [5.41, 5.74) is 2.56. The topological polar surface area (TPSA) is 52.6 Å². The van der Waals surface area contributed by atoms with Gasteiger partial charge in [0.1, 0.15) is 22.7 Å². The van der Waals surface area contributed by atoms with Crippen LogP contribution >= 0.6 is 0 Å². The van der Waals surface area contributed by atoms with Crippen molar-refractivity contribution in [2.24, 2.45) is 0 Å². The van der Waals surface area contributed by atoms with Crippen LogP contribution in [0.5, 0.6) is 5.75 Å². The summed E-state index contributed by atoms with van der Waals surface area (Å²) in [7, 11) is 1.64. The van der Waals surface area contributed by atoms with Gasteiger partial charge in [-0.1, -0.05) is 0 Å². The average molecular weight is 306 g/mol. The molecule has 23 heavy (non-hydrogen) atoms. The van der Waals surface area contributed by atoms with Gasteiger partial charge in [0, 0.05) is 21.9 Å². The molecule has 4 nitrogen and oxygen atoms in total. The molecule has 0 saturated heterocycles. The second-order valence-electron chi connectivity index (χ2n) is 5.48. The molecule has 2 heterocycles. The van der Waals surface area contributed by atoms with Crippen molar-refractivity contribution in [1.82, 2.24) is 0 Å². The zero-order chi connectivity index (χ0) is 16.0. The van der Waals surface area contributed by atoms with Crippen LogP contribution in [0.1, 0.15) is 5.56 Å². The Morgan fingerprint density at radius 3 is 2.22 bits per heavy atom. The summed E-state index contributed by atoms with van der Waals surface area (Å²) in [6, 6.07) is 15.2. The molecule has 0 atom stereocenters. The van der Waals surface area contributed by atoms with Crippen LogP contribution in [0.15, 0.2) is 62.2 Å². The van der Waals surface area contributed by atoms with E-state index < -0.39 is 0 Å². The van der Waals surface area contributed by atoms with Crippen molar-refractivity contribution >= 4 is 21.9 Å². The first-order valence-corrected chi connectivity index (χ1v) is 7.26. The number of fused-ring (bicyclic) bond motifs is 2. The Balaban J connectivity index is 1.89. The Morgan fingerprint density at radius 1 is 0.870 bits per heavy atom. The van der Waals surface area contributed by atoms with E-state index in [2.05, 4.69) is 0 Å². The lowest BCUT2D eigenvalue weighted by atomic mass is 10.1. The highest BCUT2D eigenvalue weighted by Gasteiger charge is 2.10. The normalized spacial score (nSPS) is 11.2. The predicted molar refractivity (Wildman–Crippen MR) is 89.0 cm³/mol. The van der Waals surface area contributed by atoms with Gasteiger partial charge in [0.05, 0.1) is 7.11 Å². The first kappa shape index (κ1) is 13.6. The molecule has 0 aliphatic rings. The smallest absolute Gasteiger partial charge is 0.339 e. The Hall–Kier alpha value is -3.01. The lowest BCUT2D eigenvalue weighted by Crippen LogP contribution is -2.01. The molecule has 0 aliphatic carbocycles. The highest BCUT2D eigenvalue weighted by Crippen LogP contribution is 2.31. The quantitative estimate of drug-likeness (QED) is 0.511. The molecule has 2 aromatic carbocycles. The number of ether oxygens (including phenoxy) is 1. The molecule has 0 bridgehead atoms. The highest BCUT2D eigenvalue weighted by atomic mass is 16.5. The summed E-state index contributed by atoms with van der Waals surface area (Å²) in [5.74, 6) is 1.56. The predicted octanol–water partition coefficient (Wildman–Crippen LogP) is 4.52. The van der Waals surface area contributed by atoms with E-state index in [1.165, 1.54) is 0 Å². The maximum Gasteiger partial charge on any atom is 0.339 e. The fourth-order valence-corrected chi connectivity index (χ4v) is 2.65. The van der Waals surface area contributed by atoms with Gasteiger partial charge in [-0.15, -0.1) is 0 Å². The second kappa shape index (κ2) is 5.02. The molecule has 0 aliphatic heterocycles. The van der Waals surface area contributed by atoms with Crippen LogP contribution in [-0.4, -0.2) is 7.11 Å². The summed E-state index contributed by atoms with van der Waals surface area (Å²) in [5, 5.41) is 1.75. The highest BCUT2D eigenvalue weighted by molar-refractivity contribution is 5.95. The van der Waals surface area contributed by atoms with Gasteiger partial charge in [-0.2, -0.15) is 0 Å². The first-order chi connectivity index (χ1) is 11.1. The number of furan rings is 1. The largest absolute Gasteiger partial charge is 0.497 e. The maximum atomic E-state index is 11.7. The Morgan fingerprint density at radius 2 is 1.52 bits per heavy atom. The van der Waals surface area contributed by atoms with Crippen LogP contribution in [0.2, 0.25) is 0 Å². The fourth-order valence-electron chi connectivity index (χ4n) is 2.65. The van der Waals surface area contributed by atoms with Crippen molar-refractivity contribution in [2.45, 2.75) is 6.92 Å². The second-order valence-corrected chi connectivity index (χ2v) is 5.48. The summed E-state index contributed by atoms with van der Waals surface area (Å²) >= 11 is 0. The zero-order valence-corrected chi connectivity index (χ0v) is 12.8. The van der Waals surface area contributed by atoms with E-state index in [9.17, 15) is 4.79 Å². The molecule has 0 unspecified atom stereocenters. The minimum Gasteiger partial charge on any atom is -0.497 e. The van der Waals surface area contributed by atoms with Crippen LogP contribution in [0.25, 0.3) is 33.3 Å². The average Bonchev–Trinajstić information content (AvgIpc) is 2.97. The third-order valence-corrected chi connectivity index (χ3v) is 3.92. The van der Waals surface area contributed by atoms with Crippen LogP contribution < -0.4 is 10.4 Å². The van der Waals surface area contributed by atoms with Crippen LogP contribution in [0.3, 0.4) is 0 Å². The standard InChI is InChI=1S/C19H14O4/c1-11-7-13-8-17-14(10-18(13)23-19(11)20)9-16(22-17)12-3-5-15(21-2)6-4-12/h3-10H,1-2H3. The number of hydrogen-bond donors (Lipinski definition) is 0. The Bertz CT molecular complexity index is 1070. The molecular formula is C19H14O4. The van der Waals surface area contributed by atoms with Crippen molar-refractivity contribution in [3.05, 3.63) is 64.5 Å². The molecule has 0 amide bonds. The van der Waals surface area contributed by atoms with Gasteiger partial charge in [-0.25, -0.2) is 4.79 Å². The van der Waals surface area contributed by atoms with E-state index in [1.807, 2.05) is 48.5 Å². The molecule has 4 rings (SSSR count). The summed E-state index contributed by atoms with van der Waals surface area (Å²) in [6.45, 7) is 1.74. The molecule has 0 saturated carbocycles. The lowest BCUT2D eigenvalue weighted by molar-refractivity contribution is 0.415. The minimum absolute atomic E-state index is 0.310. The van der Waals surface area contributed by atoms with Crippen LogP contribution in [0, 0.1) is 6.92 Å². The van der Waals surface area contributed by atoms with Gasteiger partial charge in [0.15, 0.2) is 0 Å². The van der Waals surface area contributed by atoms with Crippen LogP contribution in [0.4, 0.5) is 0 Å². The van der Waals surface area contributed by atoms with Gasteiger partial charge < -0.3 is 13.6 Å². The zero-order valence-electron chi connectivity index (χ0n) is 12.8. The fraction of sp³-hybridized carbons (Fsp3) is 0.105. The van der Waals surface area contributed by atoms with Gasteiger partial charge in [-0.05, 0) is 55.5 Å². The van der Waals surface area contributed by atoms with Crippen molar-refractivity contribution in [2.75, 3.05) is 7.11 Å². The van der Waals surface area contributed by atoms with E-state index in [4.69, 9.17) is 13.6 Å². The van der Waals surface area contributed by atoms with E-state index in [0.29, 0.717) is 11.1 Å². The lowest BCUT2D eigenvalue weighted by Gasteiger charge is -2.00. The number of hydrogen-bond acceptors (Lipinski definition) is 4. The molecular weight excluding hydrogens is 292 g/mol. The Labute approximate surface area is 131 Å². The Kier molecular flexibility index (Phi) is 2.98. The number of benzene rings is 2. The number of rotatable bonds is 2. The first-order valence-electron chi connectivity index (χ1n) is 7.26. The van der Waals surface area contributed by atoms with Crippen molar-refractivity contribution in [3.8, 4) is 17.1 Å². The van der Waals surface area contributed by atoms with E-state index in [1.54, 1.807) is 14.0 Å². The monoisotopic (exact) mass is 306 g/mol. The summed E-state index contributed by atoms with van der Waals surface area (Å²) < 4.78 is 16.4. The summed E-state index contributed by atoms with van der Waals surface area (Å²) in [6.07, 6.45) is 0.